The molecule has 92 valence electrons. The van der Waals surface area contributed by atoms with Gasteiger partial charge in [0.25, 0.3) is 0 Å². The van der Waals surface area contributed by atoms with Gasteiger partial charge in [-0.15, -0.1) is 0 Å². The number of hydrogen-bond donors (Lipinski definition) is 0. The van der Waals surface area contributed by atoms with E-state index in [1.807, 2.05) is 0 Å². The maximum Gasteiger partial charge on any atom is 0.535 e. The van der Waals surface area contributed by atoms with Gasteiger partial charge in [0, 0.05) is 0 Å². The lowest BCUT2D eigenvalue weighted by atomic mass is 10.9. The van der Waals surface area contributed by atoms with Crippen molar-refractivity contribution in [1.82, 2.24) is 0 Å². The van der Waals surface area contributed by atoms with Crippen molar-refractivity contribution >= 4 is 10.2 Å². The molecule has 0 aromatic heterocycles. The Morgan fingerprint density at radius 2 is 0.929 bits per heavy atom. The minimum Gasteiger partial charge on any atom is -0.211 e. The molecule has 0 bridgehead atoms. The first-order chi connectivity index (χ1) is 5.48. The van der Waals surface area contributed by atoms with Crippen molar-refractivity contribution in [1.29, 1.82) is 0 Å². The Morgan fingerprint density at radius 3 is 0.929 bits per heavy atom. The highest BCUT2D eigenvalue weighted by molar-refractivity contribution is 8.46. The second-order valence-electron chi connectivity index (χ2n) is 1.93. The molecule has 0 atom stereocenters. The van der Waals surface area contributed by atoms with Crippen LogP contribution in [0.25, 0.3) is 0 Å². The summed E-state index contributed by atoms with van der Waals surface area (Å²) in [5, 5.41) is 0. The van der Waals surface area contributed by atoms with Gasteiger partial charge in [-0.25, -0.2) is 8.78 Å². The van der Waals surface area contributed by atoms with Gasteiger partial charge in [-0.1, -0.05) is 19.4 Å². The largest absolute Gasteiger partial charge is 0.535 e. The molecule has 0 aliphatic heterocycles. The Morgan fingerprint density at radius 1 is 0.857 bits per heavy atom. The van der Waals surface area contributed by atoms with Gasteiger partial charge < -0.3 is 0 Å². The van der Waals surface area contributed by atoms with Gasteiger partial charge in [-0.2, -0.15) is 13.2 Å². The van der Waals surface area contributed by atoms with Crippen molar-refractivity contribution in [2.45, 2.75) is 18.9 Å². The fraction of sp³-hybridized carbons (Fsp3) is 1.00. The van der Waals surface area contributed by atoms with Crippen molar-refractivity contribution < 1.29 is 41.4 Å². The molecule has 0 radical (unpaired) electrons. The van der Waals surface area contributed by atoms with E-state index in [4.69, 9.17) is 0 Å². The highest BCUT2D eigenvalue weighted by Crippen LogP contribution is 3.04. The summed E-state index contributed by atoms with van der Waals surface area (Å²) in [6.45, 7) is 0.833. The van der Waals surface area contributed by atoms with E-state index in [-0.39, 0.29) is 0 Å². The normalized spacial score (nSPS) is 18.0. The highest BCUT2D eigenvalue weighted by atomic mass is 32.5. The lowest BCUT2D eigenvalue weighted by Gasteiger charge is -2.40. The third kappa shape index (κ3) is 6.16. The van der Waals surface area contributed by atoms with E-state index in [0.29, 0.717) is 0 Å². The summed E-state index contributed by atoms with van der Waals surface area (Å²) >= 11 is 0. The molecule has 0 spiro atoms. The van der Waals surface area contributed by atoms with Crippen molar-refractivity contribution in [3.05, 3.63) is 0 Å². The van der Waals surface area contributed by atoms with Gasteiger partial charge in [0.2, 0.25) is 6.43 Å². The Labute approximate surface area is 71.6 Å². The van der Waals surface area contributed by atoms with E-state index in [1.165, 1.54) is 0 Å². The predicted molar refractivity (Wildman–Crippen MR) is 30.9 cm³/mol. The van der Waals surface area contributed by atoms with Crippen molar-refractivity contribution in [2.75, 3.05) is 0 Å². The van der Waals surface area contributed by atoms with Crippen LogP contribution >= 0.6 is 10.2 Å². The standard InChI is InChI=1S/C2H4F2.CF8S/c1-2(3)4;2-1(3,4)10(5,6,7,8)9/h2H,1H3;. The fourth-order valence-electron chi connectivity index (χ4n) is 0. The van der Waals surface area contributed by atoms with E-state index < -0.39 is 22.2 Å². The molecule has 0 fully saturated rings. The number of rotatable bonds is 0. The molecular weight excluding hydrogens is 258 g/mol. The lowest BCUT2D eigenvalue weighted by molar-refractivity contribution is -0.0800. The summed E-state index contributed by atoms with van der Waals surface area (Å²) in [7, 11) is -11.2. The number of halogens is 10. The Hall–Kier alpha value is -0.350. The van der Waals surface area contributed by atoms with Crippen LogP contribution in [0.1, 0.15) is 6.92 Å². The van der Waals surface area contributed by atoms with Crippen molar-refractivity contribution in [3.8, 4) is 0 Å². The SMILES string of the molecule is CC(F)F.FC(F)(F)S(F)(F)(F)(F)F. The van der Waals surface area contributed by atoms with Crippen LogP contribution in [0.4, 0.5) is 41.4 Å². The summed E-state index contributed by atoms with van der Waals surface area (Å²) in [5.41, 5.74) is -7.40. The van der Waals surface area contributed by atoms with Gasteiger partial charge in [0.1, 0.15) is 0 Å². The van der Waals surface area contributed by atoms with Gasteiger partial charge in [-0.05, 0) is 6.92 Å². The summed E-state index contributed by atoms with van der Waals surface area (Å²) in [6.07, 6.45) is -2.17. The van der Waals surface area contributed by atoms with Crippen LogP contribution in [0, 0.1) is 0 Å². The van der Waals surface area contributed by atoms with E-state index >= 15 is 0 Å². The van der Waals surface area contributed by atoms with Crippen LogP contribution in [0.2, 0.25) is 0 Å². The second-order valence-corrected chi connectivity index (χ2v) is 4.33. The van der Waals surface area contributed by atoms with Crippen molar-refractivity contribution in [3.63, 3.8) is 0 Å². The molecule has 0 heterocycles. The van der Waals surface area contributed by atoms with E-state index in [2.05, 4.69) is 0 Å². The monoisotopic (exact) mass is 262 g/mol. The molecular formula is C3H4F10S. The first-order valence-corrected chi connectivity index (χ1v) is 4.51. The molecule has 0 N–H and O–H groups in total. The molecule has 14 heavy (non-hydrogen) atoms. The molecule has 0 aliphatic carbocycles. The predicted octanol–water partition coefficient (Wildman–Crippen LogP) is 5.08. The molecule has 0 aromatic rings. The summed E-state index contributed by atoms with van der Waals surface area (Å²) < 4.78 is 105. The highest BCUT2D eigenvalue weighted by Gasteiger charge is 2.85. The molecule has 0 rings (SSSR count). The third-order valence-corrected chi connectivity index (χ3v) is 1.31. The van der Waals surface area contributed by atoms with Gasteiger partial charge in [0.05, 0.1) is 0 Å². The molecule has 0 nitrogen and oxygen atoms in total. The first-order valence-electron chi connectivity index (χ1n) is 2.56. The van der Waals surface area contributed by atoms with Gasteiger partial charge in [0.15, 0.2) is 0 Å². The zero-order valence-corrected chi connectivity index (χ0v) is 7.08. The summed E-state index contributed by atoms with van der Waals surface area (Å²) in [6, 6.07) is 0. The zero-order valence-electron chi connectivity index (χ0n) is 6.27. The maximum atomic E-state index is 10.6. The average Bonchev–Trinajstić information content (AvgIpc) is 1.48. The molecule has 0 unspecified atom stereocenters. The number of hydrogen-bond acceptors (Lipinski definition) is 0. The average molecular weight is 262 g/mol. The zero-order chi connectivity index (χ0) is 12.5. The Kier molecular flexibility index (Phi) is 3.53. The molecule has 0 saturated heterocycles. The van der Waals surface area contributed by atoms with E-state index in [1.54, 1.807) is 0 Å². The van der Waals surface area contributed by atoms with Crippen molar-refractivity contribution in [2.24, 2.45) is 0 Å². The van der Waals surface area contributed by atoms with Crippen LogP contribution in [0.5, 0.6) is 0 Å². The maximum absolute atomic E-state index is 11.2. The van der Waals surface area contributed by atoms with Crippen LogP contribution < -0.4 is 0 Å². The Bertz CT molecular complexity index is 176. The number of alkyl halides is 5. The van der Waals surface area contributed by atoms with Gasteiger partial charge >= 0.3 is 15.7 Å². The lowest BCUT2D eigenvalue weighted by Crippen LogP contribution is -2.27. The van der Waals surface area contributed by atoms with Crippen LogP contribution in [-0.4, -0.2) is 11.9 Å². The molecule has 0 aliphatic rings. The summed E-state index contributed by atoms with van der Waals surface area (Å²) in [5.74, 6) is 0. The van der Waals surface area contributed by atoms with E-state index in [9.17, 15) is 41.4 Å². The summed E-state index contributed by atoms with van der Waals surface area (Å²) in [4.78, 5) is 0. The Balaban J connectivity index is 0. The topological polar surface area (TPSA) is 0 Å². The van der Waals surface area contributed by atoms with Gasteiger partial charge in [-0.3, -0.25) is 0 Å². The third-order valence-electron chi connectivity index (χ3n) is 0.437. The smallest absolute Gasteiger partial charge is 0.211 e. The van der Waals surface area contributed by atoms with E-state index in [0.717, 1.165) is 6.92 Å². The fourth-order valence-corrected chi connectivity index (χ4v) is 0. The second kappa shape index (κ2) is 3.07. The van der Waals surface area contributed by atoms with Crippen LogP contribution in [0.15, 0.2) is 0 Å². The molecule has 0 saturated carbocycles. The molecule has 0 amide bonds. The first kappa shape index (κ1) is 16.1. The quantitative estimate of drug-likeness (QED) is 0.534. The minimum absolute atomic E-state index is 0.833. The molecule has 11 heteroatoms. The minimum atomic E-state index is -11.2. The van der Waals surface area contributed by atoms with Crippen LogP contribution in [-0.2, 0) is 0 Å². The van der Waals surface area contributed by atoms with Crippen LogP contribution in [0.3, 0.4) is 0 Å². The molecule has 0 aromatic carbocycles.